The molecule has 0 fully saturated rings. The number of carbonyl (C=O) groups excluding carboxylic acids is 1. The first-order chi connectivity index (χ1) is 8.29. The third-order valence-electron chi connectivity index (χ3n) is 2.04. The van der Waals surface area contributed by atoms with Gasteiger partial charge in [-0.15, -0.1) is 0 Å². The number of pyridine rings is 1. The van der Waals surface area contributed by atoms with Crippen molar-refractivity contribution in [2.75, 3.05) is 12.3 Å². The van der Waals surface area contributed by atoms with Gasteiger partial charge < -0.3 is 11.1 Å². The number of nitrogens with one attached hydrogen (secondary N) is 1. The van der Waals surface area contributed by atoms with E-state index in [0.29, 0.717) is 0 Å². The summed E-state index contributed by atoms with van der Waals surface area (Å²) in [4.78, 5) is 15.2. The van der Waals surface area contributed by atoms with Crippen molar-refractivity contribution in [1.29, 1.82) is 0 Å². The molecule has 0 aliphatic carbocycles. The number of nitrogens with two attached hydrogens (primary N) is 1. The summed E-state index contributed by atoms with van der Waals surface area (Å²) >= 11 is 5.72. The summed E-state index contributed by atoms with van der Waals surface area (Å²) in [6.07, 6.45) is -4.14. The first-order valence-corrected chi connectivity index (χ1v) is 5.43. The third kappa shape index (κ3) is 4.79. The number of rotatable bonds is 4. The van der Waals surface area contributed by atoms with Crippen LogP contribution in [0.2, 0.25) is 5.02 Å². The molecule has 0 spiro atoms. The monoisotopic (exact) mass is 281 g/mol. The van der Waals surface area contributed by atoms with E-state index in [2.05, 4.69) is 10.3 Å². The van der Waals surface area contributed by atoms with Crippen molar-refractivity contribution < 1.29 is 18.0 Å². The van der Waals surface area contributed by atoms with Crippen molar-refractivity contribution in [3.8, 4) is 0 Å². The topological polar surface area (TPSA) is 68.0 Å². The zero-order chi connectivity index (χ0) is 13.8. The molecule has 8 heteroatoms. The summed E-state index contributed by atoms with van der Waals surface area (Å²) in [6.45, 7) is -0.0864. The van der Waals surface area contributed by atoms with E-state index >= 15 is 0 Å². The highest BCUT2D eigenvalue weighted by atomic mass is 35.5. The smallest absolute Gasteiger partial charge is 0.384 e. The fourth-order valence-corrected chi connectivity index (χ4v) is 1.40. The number of halogens is 4. The third-order valence-corrected chi connectivity index (χ3v) is 2.34. The van der Waals surface area contributed by atoms with Crippen LogP contribution in [0.3, 0.4) is 0 Å². The average Bonchev–Trinajstić information content (AvgIpc) is 2.26. The van der Waals surface area contributed by atoms with Gasteiger partial charge in [-0.05, 0) is 12.5 Å². The van der Waals surface area contributed by atoms with Crippen LogP contribution in [0.5, 0.6) is 0 Å². The van der Waals surface area contributed by atoms with E-state index in [-0.39, 0.29) is 29.4 Å². The van der Waals surface area contributed by atoms with Crippen LogP contribution in [0.4, 0.5) is 19.0 Å². The van der Waals surface area contributed by atoms with Crippen LogP contribution in [-0.4, -0.2) is 23.6 Å². The van der Waals surface area contributed by atoms with E-state index in [1.165, 1.54) is 12.3 Å². The van der Waals surface area contributed by atoms with E-state index in [4.69, 9.17) is 17.3 Å². The summed E-state index contributed by atoms with van der Waals surface area (Å²) in [5.41, 5.74) is 5.47. The Morgan fingerprint density at radius 1 is 1.50 bits per heavy atom. The first-order valence-electron chi connectivity index (χ1n) is 5.05. The molecule has 0 bridgehead atoms. The van der Waals surface area contributed by atoms with Crippen molar-refractivity contribution >= 4 is 23.3 Å². The van der Waals surface area contributed by atoms with Crippen LogP contribution >= 0.6 is 11.6 Å². The number of nitrogen functional groups attached to an aromatic ring is 1. The number of alkyl halides is 3. The maximum absolute atomic E-state index is 11.9. The van der Waals surface area contributed by atoms with Crippen molar-refractivity contribution in [2.24, 2.45) is 0 Å². The Kier molecular flexibility index (Phi) is 4.77. The molecule has 18 heavy (non-hydrogen) atoms. The molecule has 0 aliphatic rings. The first kappa shape index (κ1) is 14.6. The molecule has 1 heterocycles. The van der Waals surface area contributed by atoms with Crippen LogP contribution < -0.4 is 11.1 Å². The molecule has 1 aromatic heterocycles. The molecule has 0 aromatic carbocycles. The maximum Gasteiger partial charge on any atom is 0.389 e. The molecule has 0 radical (unpaired) electrons. The van der Waals surface area contributed by atoms with Crippen LogP contribution in [0.25, 0.3) is 0 Å². The lowest BCUT2D eigenvalue weighted by Crippen LogP contribution is -2.26. The van der Waals surface area contributed by atoms with Gasteiger partial charge in [0.25, 0.3) is 5.91 Å². The lowest BCUT2D eigenvalue weighted by atomic mass is 10.2. The fourth-order valence-electron chi connectivity index (χ4n) is 1.21. The highest BCUT2D eigenvalue weighted by Crippen LogP contribution is 2.21. The second kappa shape index (κ2) is 5.90. The van der Waals surface area contributed by atoms with Gasteiger partial charge in [0.1, 0.15) is 5.82 Å². The van der Waals surface area contributed by atoms with Crippen molar-refractivity contribution in [1.82, 2.24) is 10.3 Å². The normalized spacial score (nSPS) is 11.3. The van der Waals surface area contributed by atoms with Crippen molar-refractivity contribution in [3.05, 3.63) is 22.8 Å². The largest absolute Gasteiger partial charge is 0.389 e. The minimum absolute atomic E-state index is 0.0864. The van der Waals surface area contributed by atoms with Gasteiger partial charge in [-0.2, -0.15) is 13.2 Å². The molecular formula is C10H11ClF3N3O. The highest BCUT2D eigenvalue weighted by molar-refractivity contribution is 6.33. The maximum atomic E-state index is 11.9. The minimum Gasteiger partial charge on any atom is -0.384 e. The number of hydrogen-bond donors (Lipinski definition) is 2. The molecule has 100 valence electrons. The Balaban J connectivity index is 2.48. The molecule has 0 aliphatic heterocycles. The number of amides is 1. The van der Waals surface area contributed by atoms with Gasteiger partial charge in [-0.1, -0.05) is 11.6 Å². The predicted octanol–water partition coefficient (Wildman–Crippen LogP) is 2.39. The quantitative estimate of drug-likeness (QED) is 0.833. The molecule has 4 nitrogen and oxygen atoms in total. The Bertz CT molecular complexity index is 437. The standard InChI is InChI=1S/C10H11ClF3N3O/c11-7-5-17-8(15)4-6(7)9(18)16-3-1-2-10(12,13)14/h4-5H,1-3H2,(H2,15,17)(H,16,18). The minimum atomic E-state index is -4.22. The van der Waals surface area contributed by atoms with Crippen molar-refractivity contribution in [3.63, 3.8) is 0 Å². The molecule has 0 saturated heterocycles. The van der Waals surface area contributed by atoms with Gasteiger partial charge in [-0.25, -0.2) is 4.98 Å². The van der Waals surface area contributed by atoms with Gasteiger partial charge in [-0.3, -0.25) is 4.79 Å². The molecule has 3 N–H and O–H groups in total. The number of anilines is 1. The molecule has 0 unspecified atom stereocenters. The summed E-state index contributed by atoms with van der Waals surface area (Å²) in [6, 6.07) is 1.27. The average molecular weight is 282 g/mol. The van der Waals surface area contributed by atoms with E-state index in [1.807, 2.05) is 0 Å². The molecule has 0 saturated carbocycles. The number of hydrogen-bond acceptors (Lipinski definition) is 3. The van der Waals surface area contributed by atoms with E-state index in [0.717, 1.165) is 0 Å². The van der Waals surface area contributed by atoms with Crippen LogP contribution in [0.15, 0.2) is 12.3 Å². The summed E-state index contributed by atoms with van der Waals surface area (Å²) in [5.74, 6) is -0.462. The second-order valence-corrected chi connectivity index (χ2v) is 3.97. The van der Waals surface area contributed by atoms with Crippen molar-refractivity contribution in [2.45, 2.75) is 19.0 Å². The molecule has 1 amide bonds. The van der Waals surface area contributed by atoms with Crippen LogP contribution in [0, 0.1) is 0 Å². The van der Waals surface area contributed by atoms with Gasteiger partial charge in [0.2, 0.25) is 0 Å². The number of nitrogens with zero attached hydrogens (tertiary/aromatic N) is 1. The van der Waals surface area contributed by atoms with Crippen LogP contribution in [-0.2, 0) is 0 Å². The molecule has 0 atom stereocenters. The lowest BCUT2D eigenvalue weighted by molar-refractivity contribution is -0.135. The highest BCUT2D eigenvalue weighted by Gasteiger charge is 2.26. The van der Waals surface area contributed by atoms with E-state index in [9.17, 15) is 18.0 Å². The number of aromatic nitrogens is 1. The Morgan fingerprint density at radius 2 is 2.17 bits per heavy atom. The van der Waals surface area contributed by atoms with Crippen LogP contribution in [0.1, 0.15) is 23.2 Å². The van der Waals surface area contributed by atoms with E-state index < -0.39 is 18.5 Å². The zero-order valence-corrected chi connectivity index (χ0v) is 9.98. The summed E-state index contributed by atoms with van der Waals surface area (Å²) < 4.78 is 35.6. The summed E-state index contributed by atoms with van der Waals surface area (Å²) in [5, 5.41) is 2.43. The Morgan fingerprint density at radius 3 is 2.78 bits per heavy atom. The zero-order valence-electron chi connectivity index (χ0n) is 9.22. The molecule has 1 aromatic rings. The fraction of sp³-hybridized carbons (Fsp3) is 0.400. The molecule has 1 rings (SSSR count). The lowest BCUT2D eigenvalue weighted by Gasteiger charge is -2.08. The van der Waals surface area contributed by atoms with Gasteiger partial charge in [0, 0.05) is 19.2 Å². The van der Waals surface area contributed by atoms with Gasteiger partial charge in [0.15, 0.2) is 0 Å². The van der Waals surface area contributed by atoms with Gasteiger partial charge in [0.05, 0.1) is 10.6 Å². The number of carbonyl (C=O) groups is 1. The Hall–Kier alpha value is -1.50. The Labute approximate surface area is 106 Å². The predicted molar refractivity (Wildman–Crippen MR) is 61.3 cm³/mol. The molecular weight excluding hydrogens is 271 g/mol. The summed E-state index contributed by atoms with van der Waals surface area (Å²) in [7, 11) is 0. The SMILES string of the molecule is Nc1cc(C(=O)NCCCC(F)(F)F)c(Cl)cn1. The van der Waals surface area contributed by atoms with Gasteiger partial charge >= 0.3 is 6.18 Å². The second-order valence-electron chi connectivity index (χ2n) is 3.56. The van der Waals surface area contributed by atoms with E-state index in [1.54, 1.807) is 0 Å².